The van der Waals surface area contributed by atoms with E-state index in [1.165, 1.54) is 70.9 Å². The van der Waals surface area contributed by atoms with Crippen LogP contribution in [0.15, 0.2) is 224 Å². The second-order valence-corrected chi connectivity index (χ2v) is 15.9. The Morgan fingerprint density at radius 2 is 0.967 bits per heavy atom. The van der Waals surface area contributed by atoms with Gasteiger partial charge in [0.05, 0.1) is 28.5 Å². The number of fused-ring (bicyclic) bond motifs is 10. The molecule has 1 aliphatic rings. The van der Waals surface area contributed by atoms with Crippen LogP contribution < -0.4 is 5.32 Å². The molecule has 0 amide bonds. The number of para-hydroxylation sites is 1. The van der Waals surface area contributed by atoms with Gasteiger partial charge in [-0.3, -0.25) is 4.57 Å². The molecular formula is C58H39N3. The lowest BCUT2D eigenvalue weighted by Gasteiger charge is -2.27. The van der Waals surface area contributed by atoms with Crippen LogP contribution in [0.25, 0.3) is 99.2 Å². The maximum absolute atomic E-state index is 5.45. The SMILES string of the molecule is C1=C(c2ccccc2)C=C(n2c3ccccc3c3c4c5ccccc5c(-c5cc(-c6ccccc6)cc(-c6ccccc6)n5)cc4c4ccccc4c32)NC1c1ccccc1. The van der Waals surface area contributed by atoms with Crippen molar-refractivity contribution in [3.63, 3.8) is 0 Å². The normalized spacial score (nSPS) is 14.1. The number of allylic oxidation sites excluding steroid dienone is 2. The Kier molecular flexibility index (Phi) is 8.24. The lowest BCUT2D eigenvalue weighted by atomic mass is 9.89. The number of aromatic nitrogens is 2. The van der Waals surface area contributed by atoms with Gasteiger partial charge in [0.2, 0.25) is 0 Å². The Morgan fingerprint density at radius 1 is 0.410 bits per heavy atom. The van der Waals surface area contributed by atoms with Gasteiger partial charge in [0, 0.05) is 32.7 Å². The molecule has 3 nitrogen and oxygen atoms in total. The standard InChI is InChI=1S/C58H39N3/c1-5-19-38(20-6-1)42-33-51(40-23-9-3-10-24-40)59-53(35-42)49-37-50-45-28-14-16-30-47(45)58-57(56(50)46-29-15-13-27-44(46)49)48-31-17-18-32-54(48)61(58)55-36-43(39-21-7-2-8-22-39)34-52(60-55)41-25-11-4-12-26-41/h1-37,52,60H. The molecule has 0 spiro atoms. The van der Waals surface area contributed by atoms with E-state index >= 15 is 0 Å². The summed E-state index contributed by atoms with van der Waals surface area (Å²) in [5.41, 5.74) is 12.4. The Bertz CT molecular complexity index is 3470. The molecule has 12 rings (SSSR count). The van der Waals surface area contributed by atoms with Crippen LogP contribution in [-0.4, -0.2) is 9.55 Å². The van der Waals surface area contributed by atoms with Gasteiger partial charge >= 0.3 is 0 Å². The van der Waals surface area contributed by atoms with Gasteiger partial charge in [0.15, 0.2) is 0 Å². The largest absolute Gasteiger partial charge is 0.361 e. The smallest absolute Gasteiger partial charge is 0.112 e. The summed E-state index contributed by atoms with van der Waals surface area (Å²) < 4.78 is 2.48. The summed E-state index contributed by atoms with van der Waals surface area (Å²) >= 11 is 0. The predicted molar refractivity (Wildman–Crippen MR) is 257 cm³/mol. The lowest BCUT2D eigenvalue weighted by molar-refractivity contribution is 0.739. The van der Waals surface area contributed by atoms with E-state index in [1.807, 2.05) is 0 Å². The summed E-state index contributed by atoms with van der Waals surface area (Å²) in [4.78, 5) is 5.45. The zero-order chi connectivity index (χ0) is 40.3. The van der Waals surface area contributed by atoms with E-state index < -0.39 is 0 Å². The van der Waals surface area contributed by atoms with Crippen LogP contribution in [0.3, 0.4) is 0 Å². The van der Waals surface area contributed by atoms with Gasteiger partial charge in [0.25, 0.3) is 0 Å². The Balaban J connectivity index is 1.18. The number of dihydropyridines is 1. The zero-order valence-electron chi connectivity index (χ0n) is 33.3. The molecular weight excluding hydrogens is 739 g/mol. The van der Waals surface area contributed by atoms with Gasteiger partial charge in [-0.15, -0.1) is 0 Å². The summed E-state index contributed by atoms with van der Waals surface area (Å²) in [5, 5.41) is 13.7. The molecule has 9 aromatic carbocycles. The van der Waals surface area contributed by atoms with Crippen LogP contribution in [0.4, 0.5) is 0 Å². The van der Waals surface area contributed by atoms with Crippen molar-refractivity contribution in [2.24, 2.45) is 0 Å². The molecule has 0 aliphatic carbocycles. The Labute approximate surface area is 354 Å². The van der Waals surface area contributed by atoms with Crippen molar-refractivity contribution in [3.05, 3.63) is 236 Å². The van der Waals surface area contributed by atoms with Crippen LogP contribution in [0, 0.1) is 0 Å². The van der Waals surface area contributed by atoms with E-state index in [9.17, 15) is 0 Å². The van der Waals surface area contributed by atoms with Crippen molar-refractivity contribution in [3.8, 4) is 33.6 Å². The summed E-state index contributed by atoms with van der Waals surface area (Å²) in [7, 11) is 0. The first-order valence-electron chi connectivity index (χ1n) is 21.0. The highest BCUT2D eigenvalue weighted by molar-refractivity contribution is 6.38. The summed E-state index contributed by atoms with van der Waals surface area (Å²) in [6.07, 6.45) is 4.69. The minimum atomic E-state index is -0.0253. The fraction of sp³-hybridized carbons (Fsp3) is 0.0172. The van der Waals surface area contributed by atoms with Gasteiger partial charge in [-0.2, -0.15) is 0 Å². The maximum Gasteiger partial charge on any atom is 0.112 e. The second-order valence-electron chi connectivity index (χ2n) is 15.9. The molecule has 1 aliphatic heterocycles. The number of pyridine rings is 1. The molecule has 2 aromatic heterocycles. The first-order valence-corrected chi connectivity index (χ1v) is 21.0. The summed E-state index contributed by atoms with van der Waals surface area (Å²) in [6.45, 7) is 0. The molecule has 3 heteroatoms. The number of hydrogen-bond donors (Lipinski definition) is 1. The van der Waals surface area contributed by atoms with E-state index in [4.69, 9.17) is 4.98 Å². The molecule has 0 saturated heterocycles. The van der Waals surface area contributed by atoms with Crippen molar-refractivity contribution in [2.45, 2.75) is 6.04 Å². The number of nitrogens with one attached hydrogen (secondary N) is 1. The lowest BCUT2D eigenvalue weighted by Crippen LogP contribution is -2.25. The van der Waals surface area contributed by atoms with E-state index in [1.54, 1.807) is 0 Å². The summed E-state index contributed by atoms with van der Waals surface area (Å²) in [6, 6.07) is 76.4. The van der Waals surface area contributed by atoms with E-state index in [2.05, 4.69) is 234 Å². The van der Waals surface area contributed by atoms with Crippen LogP contribution in [0.1, 0.15) is 17.2 Å². The highest BCUT2D eigenvalue weighted by atomic mass is 15.2. The number of rotatable bonds is 6. The van der Waals surface area contributed by atoms with E-state index in [-0.39, 0.29) is 6.04 Å². The van der Waals surface area contributed by atoms with Crippen molar-refractivity contribution in [2.75, 3.05) is 0 Å². The fourth-order valence-corrected chi connectivity index (χ4v) is 9.61. The number of hydrogen-bond acceptors (Lipinski definition) is 2. The van der Waals surface area contributed by atoms with Crippen molar-refractivity contribution in [1.29, 1.82) is 0 Å². The predicted octanol–water partition coefficient (Wildman–Crippen LogP) is 14.9. The fourth-order valence-electron chi connectivity index (χ4n) is 9.61. The topological polar surface area (TPSA) is 29.9 Å². The first-order chi connectivity index (χ1) is 30.3. The van der Waals surface area contributed by atoms with Crippen LogP contribution in [0.2, 0.25) is 0 Å². The van der Waals surface area contributed by atoms with Gasteiger partial charge < -0.3 is 5.32 Å². The third-order valence-electron chi connectivity index (χ3n) is 12.4. The molecule has 1 unspecified atom stereocenters. The minimum Gasteiger partial charge on any atom is -0.361 e. The molecule has 0 bridgehead atoms. The van der Waals surface area contributed by atoms with Gasteiger partial charge in [-0.25, -0.2) is 4.98 Å². The number of nitrogens with zero attached hydrogens (tertiary/aromatic N) is 2. The zero-order valence-corrected chi connectivity index (χ0v) is 33.3. The molecule has 1 atom stereocenters. The minimum absolute atomic E-state index is 0.0253. The molecule has 11 aromatic rings. The van der Waals surface area contributed by atoms with E-state index in [0.29, 0.717) is 0 Å². The highest BCUT2D eigenvalue weighted by Crippen LogP contribution is 2.47. The van der Waals surface area contributed by atoms with Crippen LogP contribution in [-0.2, 0) is 0 Å². The second kappa shape index (κ2) is 14.4. The molecule has 3 heterocycles. The quantitative estimate of drug-likeness (QED) is 0.170. The Morgan fingerprint density at radius 3 is 1.69 bits per heavy atom. The van der Waals surface area contributed by atoms with Crippen LogP contribution in [0.5, 0.6) is 0 Å². The van der Waals surface area contributed by atoms with E-state index in [0.717, 1.165) is 39.4 Å². The molecule has 0 saturated carbocycles. The monoisotopic (exact) mass is 777 g/mol. The average molecular weight is 778 g/mol. The number of benzene rings is 9. The van der Waals surface area contributed by atoms with Gasteiger partial charge in [-0.05, 0) is 85.8 Å². The third kappa shape index (κ3) is 5.85. The van der Waals surface area contributed by atoms with Crippen LogP contribution >= 0.6 is 0 Å². The van der Waals surface area contributed by atoms with Crippen molar-refractivity contribution in [1.82, 2.24) is 14.9 Å². The van der Waals surface area contributed by atoms with Crippen molar-refractivity contribution < 1.29 is 0 Å². The molecule has 61 heavy (non-hydrogen) atoms. The maximum atomic E-state index is 5.45. The molecule has 0 radical (unpaired) electrons. The summed E-state index contributed by atoms with van der Waals surface area (Å²) in [5.74, 6) is 1.04. The molecule has 0 fully saturated rings. The Hall–Kier alpha value is -8.01. The highest BCUT2D eigenvalue weighted by Gasteiger charge is 2.26. The third-order valence-corrected chi connectivity index (χ3v) is 12.4. The average Bonchev–Trinajstić information content (AvgIpc) is 3.70. The molecule has 1 N–H and O–H groups in total. The first kappa shape index (κ1) is 35.0. The van der Waals surface area contributed by atoms with Gasteiger partial charge in [-0.1, -0.05) is 188 Å². The molecule has 286 valence electrons. The van der Waals surface area contributed by atoms with Crippen molar-refractivity contribution >= 4 is 65.5 Å². The van der Waals surface area contributed by atoms with Gasteiger partial charge in [0.1, 0.15) is 5.82 Å².